The van der Waals surface area contributed by atoms with E-state index in [4.69, 9.17) is 4.80 Å². The summed E-state index contributed by atoms with van der Waals surface area (Å²) in [6.45, 7) is 3.65. The van der Waals surface area contributed by atoms with Gasteiger partial charge in [0.25, 0.3) is 0 Å². The van der Waals surface area contributed by atoms with Crippen LogP contribution in [0.25, 0.3) is 0 Å². The van der Waals surface area contributed by atoms with Crippen LogP contribution in [0.4, 0.5) is 0 Å². The van der Waals surface area contributed by atoms with Crippen LogP contribution in [0.5, 0.6) is 0 Å². The van der Waals surface area contributed by atoms with Crippen LogP contribution < -0.4 is 0 Å². The summed E-state index contributed by atoms with van der Waals surface area (Å²) in [5.74, 6) is 0. The van der Waals surface area contributed by atoms with E-state index in [9.17, 15) is 0 Å². The summed E-state index contributed by atoms with van der Waals surface area (Å²) < 4.78 is 0. The minimum atomic E-state index is -0.880. The number of hydrogen-bond donors (Lipinski definition) is 1. The van der Waals surface area contributed by atoms with E-state index >= 15 is 0 Å². The third-order valence-electron chi connectivity index (χ3n) is 0. The molecule has 0 heterocycles. The first-order chi connectivity index (χ1) is 1.73. The summed E-state index contributed by atoms with van der Waals surface area (Å²) in [5.41, 5.74) is 0. The van der Waals surface area contributed by atoms with Gasteiger partial charge in [-0.3, -0.25) is 0 Å². The normalized spacial score (nSPS) is 9.00. The van der Waals surface area contributed by atoms with Crippen LogP contribution >= 0.6 is 0 Å². The van der Waals surface area contributed by atoms with Crippen molar-refractivity contribution in [2.75, 3.05) is 0 Å². The topological polar surface area (TPSA) is 20.2 Å². The van der Waals surface area contributed by atoms with Crippen LogP contribution in [-0.2, 0) is 0 Å². The molecule has 1 N–H and O–H groups in total. The molecule has 0 rings (SSSR count). The first kappa shape index (κ1) is 4.18. The lowest BCUT2D eigenvalue weighted by Crippen LogP contribution is -1.93. The van der Waals surface area contributed by atoms with Crippen LogP contribution in [0.2, 0.25) is 13.1 Å². The quantitative estimate of drug-likeness (QED) is 0.409. The lowest BCUT2D eigenvalue weighted by atomic mass is 11.9. The molecule has 0 spiro atoms. The van der Waals surface area contributed by atoms with Crippen molar-refractivity contribution < 1.29 is 4.80 Å². The van der Waals surface area contributed by atoms with E-state index in [0.29, 0.717) is 0 Å². The van der Waals surface area contributed by atoms with Crippen LogP contribution in [0, 0.1) is 0 Å². The second kappa shape index (κ2) is 1.49. The van der Waals surface area contributed by atoms with Crippen molar-refractivity contribution in [1.29, 1.82) is 0 Å². The van der Waals surface area contributed by atoms with Gasteiger partial charge in [-0.25, -0.2) is 0 Å². The molecule has 0 aliphatic rings. The highest BCUT2D eigenvalue weighted by Gasteiger charge is 1.52. The minimum Gasteiger partial charge on any atom is -0.601 e. The summed E-state index contributed by atoms with van der Waals surface area (Å²) in [6, 6.07) is 0. The van der Waals surface area contributed by atoms with Crippen molar-refractivity contribution in [3.63, 3.8) is 0 Å². The maximum atomic E-state index is 8.16. The van der Waals surface area contributed by atoms with E-state index in [-0.39, 0.29) is 0 Å². The van der Waals surface area contributed by atoms with Crippen molar-refractivity contribution in [2.24, 2.45) is 0 Å². The Balaban J connectivity index is 2.32. The first-order valence-corrected chi connectivity index (χ1v) is 3.67. The van der Waals surface area contributed by atoms with E-state index in [0.717, 1.165) is 0 Å². The Morgan fingerprint density at radius 3 is 1.50 bits per heavy atom. The van der Waals surface area contributed by atoms with Gasteiger partial charge in [-0.1, -0.05) is 0 Å². The standard InChI is InChI=1S/C2H7OSi/c1-4(2)3/h3H,1-2H3/q-1. The second-order valence-corrected chi connectivity index (χ2v) is 2.84. The molecule has 0 unspecified atom stereocenters. The molecule has 0 saturated carbocycles. The zero-order chi connectivity index (χ0) is 3.58. The van der Waals surface area contributed by atoms with E-state index < -0.39 is 9.04 Å². The SMILES string of the molecule is C[Si-](C)O. The Bertz CT molecular complexity index is 10.8. The van der Waals surface area contributed by atoms with Crippen LogP contribution in [-0.4, -0.2) is 13.8 Å². The third kappa shape index (κ3) is 96.4. The van der Waals surface area contributed by atoms with Crippen molar-refractivity contribution in [3.05, 3.63) is 0 Å². The number of rotatable bonds is 0. The zero-order valence-electron chi connectivity index (χ0n) is 2.95. The molecule has 0 aromatic carbocycles. The maximum Gasteiger partial charge on any atom is -0.129 e. The molecule has 0 atom stereocenters. The highest BCUT2D eigenvalue weighted by Crippen LogP contribution is 1.60. The molecule has 0 amide bonds. The van der Waals surface area contributed by atoms with Crippen molar-refractivity contribution in [1.82, 2.24) is 0 Å². The molecule has 1 nitrogen and oxygen atoms in total. The third-order valence-corrected chi connectivity index (χ3v) is 0. The first-order valence-electron chi connectivity index (χ1n) is 1.22. The average Bonchev–Trinajstić information content (AvgIpc) is 0.811. The van der Waals surface area contributed by atoms with Gasteiger partial charge >= 0.3 is 0 Å². The summed E-state index contributed by atoms with van der Waals surface area (Å²) in [5, 5.41) is 0. The highest BCUT2D eigenvalue weighted by molar-refractivity contribution is 6.46. The van der Waals surface area contributed by atoms with E-state index in [1.165, 1.54) is 0 Å². The van der Waals surface area contributed by atoms with Crippen molar-refractivity contribution in [3.8, 4) is 0 Å². The van der Waals surface area contributed by atoms with Crippen molar-refractivity contribution >= 4 is 9.04 Å². The fourth-order valence-electron chi connectivity index (χ4n) is 0. The molecular weight excluding hydrogens is 68.1 g/mol. The molecule has 0 aliphatic heterocycles. The molecule has 0 aromatic rings. The van der Waals surface area contributed by atoms with Gasteiger partial charge in [0.15, 0.2) is 0 Å². The predicted molar refractivity (Wildman–Crippen MR) is 19.7 cm³/mol. The van der Waals surface area contributed by atoms with Crippen molar-refractivity contribution in [2.45, 2.75) is 13.1 Å². The Labute approximate surface area is 28.0 Å². The second-order valence-electron chi connectivity index (χ2n) is 0.947. The molecule has 0 aromatic heterocycles. The van der Waals surface area contributed by atoms with Gasteiger partial charge in [0.1, 0.15) is 0 Å². The van der Waals surface area contributed by atoms with Crippen LogP contribution in [0.3, 0.4) is 0 Å². The molecular formula is C2H7OSi-. The van der Waals surface area contributed by atoms with E-state index in [2.05, 4.69) is 0 Å². The monoisotopic (exact) mass is 75.0 g/mol. The smallest absolute Gasteiger partial charge is 0.129 e. The van der Waals surface area contributed by atoms with Crippen LogP contribution in [0.1, 0.15) is 0 Å². The summed E-state index contributed by atoms with van der Waals surface area (Å²) in [4.78, 5) is 8.16. The maximum absolute atomic E-state index is 8.16. The fourth-order valence-corrected chi connectivity index (χ4v) is 0. The molecule has 0 saturated heterocycles. The summed E-state index contributed by atoms with van der Waals surface area (Å²) in [7, 11) is -0.880. The Kier molecular flexibility index (Phi) is 1.56. The van der Waals surface area contributed by atoms with E-state index in [1.807, 2.05) is 13.1 Å². The predicted octanol–water partition coefficient (Wildman–Crippen LogP) is 0.230. The van der Waals surface area contributed by atoms with Gasteiger partial charge in [-0.05, 0) is 0 Å². The minimum absolute atomic E-state index is 0.880. The average molecular weight is 75.2 g/mol. The van der Waals surface area contributed by atoms with Gasteiger partial charge in [0, 0.05) is 0 Å². The van der Waals surface area contributed by atoms with Crippen LogP contribution in [0.15, 0.2) is 0 Å². The fraction of sp³-hybridized carbons (Fsp3) is 1.00. The molecule has 26 valence electrons. The highest BCUT2D eigenvalue weighted by atomic mass is 28.3. The molecule has 0 bridgehead atoms. The molecule has 0 radical (unpaired) electrons. The van der Waals surface area contributed by atoms with Gasteiger partial charge < -0.3 is 4.80 Å². The number of hydrogen-bond acceptors (Lipinski definition) is 1. The zero-order valence-corrected chi connectivity index (χ0v) is 3.95. The molecule has 4 heavy (non-hydrogen) atoms. The summed E-state index contributed by atoms with van der Waals surface area (Å²) in [6.07, 6.45) is 0. The van der Waals surface area contributed by atoms with Gasteiger partial charge in [0.2, 0.25) is 0 Å². The van der Waals surface area contributed by atoms with Gasteiger partial charge in [-0.2, -0.15) is 13.1 Å². The Morgan fingerprint density at radius 1 is 1.50 bits per heavy atom. The lowest BCUT2D eigenvalue weighted by Gasteiger charge is -1.97. The summed E-state index contributed by atoms with van der Waals surface area (Å²) >= 11 is 0. The molecule has 0 aliphatic carbocycles. The van der Waals surface area contributed by atoms with Gasteiger partial charge in [-0.15, -0.1) is 9.04 Å². The largest absolute Gasteiger partial charge is 0.601 e. The molecule has 0 fully saturated rings. The lowest BCUT2D eigenvalue weighted by molar-refractivity contribution is 0.587. The van der Waals surface area contributed by atoms with E-state index in [1.54, 1.807) is 0 Å². The Hall–Kier alpha value is 0.177. The molecule has 2 heteroatoms. The van der Waals surface area contributed by atoms with Gasteiger partial charge in [0.05, 0.1) is 0 Å². The Morgan fingerprint density at radius 2 is 1.50 bits per heavy atom.